The number of alkyl halides is 2. The molecule has 104 valence electrons. The lowest BCUT2D eigenvalue weighted by atomic mass is 10.3. The molecule has 1 unspecified atom stereocenters. The fraction of sp³-hybridized carbons (Fsp3) is 0.545. The van der Waals surface area contributed by atoms with Crippen LogP contribution in [0.1, 0.15) is 17.9 Å². The Morgan fingerprint density at radius 1 is 1.53 bits per heavy atom. The summed E-state index contributed by atoms with van der Waals surface area (Å²) < 4.78 is 30.0. The van der Waals surface area contributed by atoms with E-state index in [2.05, 4.69) is 15.3 Å². The first-order valence-corrected chi connectivity index (χ1v) is 6.18. The number of nitriles is 1. The van der Waals surface area contributed by atoms with E-state index in [1.807, 2.05) is 6.07 Å². The van der Waals surface area contributed by atoms with E-state index in [1.54, 1.807) is 13.0 Å². The summed E-state index contributed by atoms with van der Waals surface area (Å²) in [6.45, 7) is 1.47. The molecule has 0 saturated carbocycles. The van der Waals surface area contributed by atoms with Gasteiger partial charge >= 0.3 is 0 Å². The topological polar surface area (TPSA) is 70.8 Å². The summed E-state index contributed by atoms with van der Waals surface area (Å²) in [6.07, 6.45) is 0.355. The molecular weight excluding hydrogens is 273 g/mol. The molecule has 0 bridgehead atoms. The third kappa shape index (κ3) is 6.94. The zero-order valence-corrected chi connectivity index (χ0v) is 11.6. The molecule has 8 heteroatoms. The van der Waals surface area contributed by atoms with Crippen LogP contribution in [0.2, 0.25) is 0 Å². The zero-order chi connectivity index (χ0) is 14.3. The minimum Gasteiger partial charge on any atom is -0.369 e. The number of hydrogen-bond donors (Lipinski definition) is 1. The van der Waals surface area contributed by atoms with E-state index in [4.69, 9.17) is 10.00 Å². The van der Waals surface area contributed by atoms with Crippen molar-refractivity contribution in [1.29, 1.82) is 5.26 Å². The molecule has 1 atom stereocenters. The summed E-state index contributed by atoms with van der Waals surface area (Å²) in [5.41, 5.74) is -2.42. The van der Waals surface area contributed by atoms with Gasteiger partial charge in [-0.05, 0) is 6.92 Å². The fourth-order valence-corrected chi connectivity index (χ4v) is 1.45. The predicted molar refractivity (Wildman–Crippen MR) is 69.8 cm³/mol. The number of ether oxygens (including phenoxy) is 1. The minimum atomic E-state index is -2.93. The van der Waals surface area contributed by atoms with Crippen LogP contribution in [0.3, 0.4) is 0 Å². The van der Waals surface area contributed by atoms with Gasteiger partial charge in [-0.3, -0.25) is 0 Å². The Morgan fingerprint density at radius 2 is 2.26 bits per heavy atom. The first-order chi connectivity index (χ1) is 8.90. The minimum absolute atomic E-state index is 0.0136. The van der Waals surface area contributed by atoms with Crippen molar-refractivity contribution in [2.45, 2.75) is 25.6 Å². The maximum Gasteiger partial charge on any atom is 0.281 e. The van der Waals surface area contributed by atoms with E-state index in [-0.39, 0.29) is 6.61 Å². The Balaban J connectivity index is 2.56. The Labute approximate surface area is 112 Å². The van der Waals surface area contributed by atoms with Gasteiger partial charge in [0, 0.05) is 12.6 Å². The van der Waals surface area contributed by atoms with Gasteiger partial charge in [0.05, 0.1) is 24.8 Å². The second-order valence-corrected chi connectivity index (χ2v) is 4.73. The smallest absolute Gasteiger partial charge is 0.281 e. The predicted octanol–water partition coefficient (Wildman–Crippen LogP) is 2.10. The van der Waals surface area contributed by atoms with Crippen LogP contribution in [0.4, 0.5) is 14.6 Å². The Kier molecular flexibility index (Phi) is 6.00. The van der Waals surface area contributed by atoms with Gasteiger partial charge in [0.15, 0.2) is 0 Å². The average Bonchev–Trinajstić information content (AvgIpc) is 2.27. The molecule has 0 aliphatic carbocycles. The molecule has 0 saturated heterocycles. The molecule has 0 aromatic carbocycles. The highest BCUT2D eigenvalue weighted by atomic mass is 31.0. The summed E-state index contributed by atoms with van der Waals surface area (Å²) in [6, 6.07) is 3.62. The number of nitrogens with one attached hydrogen (secondary N) is 1. The number of aryl methyl sites for hydroxylation is 1. The van der Waals surface area contributed by atoms with Crippen LogP contribution in [-0.4, -0.2) is 28.8 Å². The maximum absolute atomic E-state index is 12.6. The maximum atomic E-state index is 12.6. The van der Waals surface area contributed by atoms with E-state index in [9.17, 15) is 8.78 Å². The lowest BCUT2D eigenvalue weighted by Gasteiger charge is -2.11. The van der Waals surface area contributed by atoms with Crippen molar-refractivity contribution in [2.75, 3.05) is 18.5 Å². The molecule has 19 heavy (non-hydrogen) atoms. The van der Waals surface area contributed by atoms with E-state index in [1.165, 1.54) is 9.24 Å². The number of nitrogens with zero attached hydrogens (tertiary/aromatic N) is 3. The van der Waals surface area contributed by atoms with E-state index in [0.29, 0.717) is 30.3 Å². The van der Waals surface area contributed by atoms with Crippen molar-refractivity contribution in [3.63, 3.8) is 0 Å². The summed E-state index contributed by atoms with van der Waals surface area (Å²) in [7, 11) is 1.42. The molecule has 0 spiro atoms. The van der Waals surface area contributed by atoms with Crippen LogP contribution in [0.15, 0.2) is 6.07 Å². The van der Waals surface area contributed by atoms with Crippen molar-refractivity contribution in [2.24, 2.45) is 0 Å². The highest BCUT2D eigenvalue weighted by molar-refractivity contribution is 7.18. The third-order valence-electron chi connectivity index (χ3n) is 1.98. The molecule has 1 aromatic rings. The molecule has 1 aromatic heterocycles. The van der Waals surface area contributed by atoms with Gasteiger partial charge in [-0.2, -0.15) is 14.0 Å². The first-order valence-electron chi connectivity index (χ1n) is 5.60. The van der Waals surface area contributed by atoms with E-state index >= 15 is 0 Å². The normalized spacial score (nSPS) is 11.1. The van der Waals surface area contributed by atoms with Crippen molar-refractivity contribution < 1.29 is 13.5 Å². The number of anilines is 1. The van der Waals surface area contributed by atoms with Crippen LogP contribution in [0, 0.1) is 18.3 Å². The molecule has 0 aliphatic heterocycles. The summed E-state index contributed by atoms with van der Waals surface area (Å²) in [5.74, 6) is 1.07. The molecule has 0 radical (unpaired) electrons. The van der Waals surface area contributed by atoms with Crippen LogP contribution in [0.25, 0.3) is 0 Å². The van der Waals surface area contributed by atoms with Gasteiger partial charge in [-0.1, -0.05) is 9.24 Å². The lowest BCUT2D eigenvalue weighted by Crippen LogP contribution is -2.15. The Morgan fingerprint density at radius 3 is 2.89 bits per heavy atom. The largest absolute Gasteiger partial charge is 0.369 e. The number of rotatable bonds is 7. The second kappa shape index (κ2) is 7.27. The fourth-order valence-electron chi connectivity index (χ4n) is 1.33. The first kappa shape index (κ1) is 15.7. The van der Waals surface area contributed by atoms with Gasteiger partial charge in [0.2, 0.25) is 0 Å². The van der Waals surface area contributed by atoms with Gasteiger partial charge in [0.25, 0.3) is 5.66 Å². The van der Waals surface area contributed by atoms with Gasteiger partial charge < -0.3 is 10.1 Å². The van der Waals surface area contributed by atoms with Gasteiger partial charge in [-0.15, -0.1) is 0 Å². The SMILES string of the molecule is Cc1nc(COCC(F)(F)P)cc(NCCC#N)n1. The summed E-state index contributed by atoms with van der Waals surface area (Å²) in [5, 5.41) is 11.4. The number of aromatic nitrogens is 2. The van der Waals surface area contributed by atoms with Crippen LogP contribution in [-0.2, 0) is 11.3 Å². The number of halogens is 2. The van der Waals surface area contributed by atoms with Crippen molar-refractivity contribution >= 4 is 15.1 Å². The molecular formula is C11H15F2N4OP. The quantitative estimate of drug-likeness (QED) is 0.614. The highest BCUT2D eigenvalue weighted by Gasteiger charge is 2.21. The van der Waals surface area contributed by atoms with Crippen molar-refractivity contribution in [1.82, 2.24) is 9.97 Å². The highest BCUT2D eigenvalue weighted by Crippen LogP contribution is 2.22. The molecule has 1 heterocycles. The molecule has 1 N–H and O–H groups in total. The standard InChI is InChI=1S/C11H15F2N4OP/c1-8-16-9(6-18-7-11(12,13)19)5-10(17-8)15-4-2-3-14/h5H,2,4,6-7,19H2,1H3,(H,15,16,17). The van der Waals surface area contributed by atoms with Crippen LogP contribution >= 0.6 is 9.24 Å². The van der Waals surface area contributed by atoms with E-state index in [0.717, 1.165) is 0 Å². The molecule has 1 rings (SSSR count). The van der Waals surface area contributed by atoms with E-state index < -0.39 is 12.3 Å². The molecule has 0 amide bonds. The van der Waals surface area contributed by atoms with Crippen molar-refractivity contribution in [3.8, 4) is 6.07 Å². The zero-order valence-electron chi connectivity index (χ0n) is 10.5. The van der Waals surface area contributed by atoms with Crippen LogP contribution < -0.4 is 5.32 Å². The third-order valence-corrected chi connectivity index (χ3v) is 2.15. The molecule has 5 nitrogen and oxygen atoms in total. The van der Waals surface area contributed by atoms with Gasteiger partial charge in [0.1, 0.15) is 18.2 Å². The Bertz CT molecular complexity index is 459. The molecule has 0 fully saturated rings. The average molecular weight is 288 g/mol. The lowest BCUT2D eigenvalue weighted by molar-refractivity contribution is -0.0162. The summed E-state index contributed by atoms with van der Waals surface area (Å²) >= 11 is 0. The van der Waals surface area contributed by atoms with Crippen LogP contribution in [0.5, 0.6) is 0 Å². The Hall–Kier alpha value is -1.38. The second-order valence-electron chi connectivity index (χ2n) is 3.88. The monoisotopic (exact) mass is 288 g/mol. The summed E-state index contributed by atoms with van der Waals surface area (Å²) in [4.78, 5) is 8.21. The van der Waals surface area contributed by atoms with Crippen molar-refractivity contribution in [3.05, 3.63) is 17.6 Å². The molecule has 0 aliphatic rings. The van der Waals surface area contributed by atoms with Gasteiger partial charge in [-0.25, -0.2) is 9.97 Å². The number of hydrogen-bond acceptors (Lipinski definition) is 5.